The van der Waals surface area contributed by atoms with E-state index >= 15 is 0 Å². The molecular formula is C9H18N2OS. The number of likely N-dealkylation sites (N-methyl/N-ethyl adjacent to an activating group) is 1. The van der Waals surface area contributed by atoms with Gasteiger partial charge in [0, 0.05) is 25.4 Å². The summed E-state index contributed by atoms with van der Waals surface area (Å²) in [5.74, 6) is 1.23. The van der Waals surface area contributed by atoms with Gasteiger partial charge >= 0.3 is 0 Å². The molecule has 76 valence electrons. The van der Waals surface area contributed by atoms with Crippen molar-refractivity contribution >= 4 is 17.7 Å². The van der Waals surface area contributed by atoms with E-state index in [0.717, 1.165) is 12.3 Å². The summed E-state index contributed by atoms with van der Waals surface area (Å²) in [5, 5.41) is 3.22. The Morgan fingerprint density at radius 1 is 1.62 bits per heavy atom. The minimum atomic E-state index is 0.209. The van der Waals surface area contributed by atoms with E-state index in [1.54, 1.807) is 16.7 Å². The lowest BCUT2D eigenvalue weighted by atomic mass is 10.5. The van der Waals surface area contributed by atoms with Crippen molar-refractivity contribution < 1.29 is 4.79 Å². The molecule has 0 radical (unpaired) electrons. The summed E-state index contributed by atoms with van der Waals surface area (Å²) in [6, 6.07) is 0.623. The molecule has 13 heavy (non-hydrogen) atoms. The molecule has 1 rings (SSSR count). The van der Waals surface area contributed by atoms with Crippen LogP contribution in [0.1, 0.15) is 12.8 Å². The van der Waals surface area contributed by atoms with Gasteiger partial charge in [-0.05, 0) is 19.1 Å². The molecule has 0 aromatic carbocycles. The molecular weight excluding hydrogens is 184 g/mol. The molecule has 0 aliphatic heterocycles. The molecule has 1 saturated carbocycles. The zero-order chi connectivity index (χ0) is 9.68. The lowest BCUT2D eigenvalue weighted by Gasteiger charge is -2.16. The van der Waals surface area contributed by atoms with Crippen molar-refractivity contribution in [1.82, 2.24) is 10.2 Å². The van der Waals surface area contributed by atoms with E-state index in [0.29, 0.717) is 12.6 Å². The number of amides is 1. The molecule has 0 aromatic heterocycles. The Morgan fingerprint density at radius 3 is 2.85 bits per heavy atom. The third kappa shape index (κ3) is 4.52. The number of hydrogen-bond donors (Lipinski definition) is 1. The van der Waals surface area contributed by atoms with Crippen LogP contribution >= 0.6 is 11.8 Å². The number of carbonyl (C=O) groups excluding carboxylic acids is 1. The van der Waals surface area contributed by atoms with Gasteiger partial charge in [0.05, 0.1) is 6.54 Å². The molecule has 1 aliphatic carbocycles. The molecule has 0 bridgehead atoms. The number of nitrogens with zero attached hydrogens (tertiary/aromatic N) is 1. The monoisotopic (exact) mass is 202 g/mol. The smallest absolute Gasteiger partial charge is 0.236 e. The second-order valence-corrected chi connectivity index (χ2v) is 4.45. The largest absolute Gasteiger partial charge is 0.344 e. The van der Waals surface area contributed by atoms with Gasteiger partial charge < -0.3 is 10.2 Å². The molecule has 0 saturated heterocycles. The van der Waals surface area contributed by atoms with Crippen molar-refractivity contribution in [2.75, 3.05) is 32.1 Å². The third-order valence-corrected chi connectivity index (χ3v) is 2.77. The standard InChI is InChI=1S/C9H18N2OS/c1-11(5-6-13-2)9(12)7-10-8-3-4-8/h8,10H,3-7H2,1-2H3. The van der Waals surface area contributed by atoms with Crippen LogP contribution in [0, 0.1) is 0 Å². The summed E-state index contributed by atoms with van der Waals surface area (Å²) in [6.45, 7) is 1.36. The highest BCUT2D eigenvalue weighted by atomic mass is 32.2. The third-order valence-electron chi connectivity index (χ3n) is 2.18. The number of carbonyl (C=O) groups is 1. The van der Waals surface area contributed by atoms with Gasteiger partial charge in [0.25, 0.3) is 0 Å². The van der Waals surface area contributed by atoms with E-state index in [1.165, 1.54) is 12.8 Å². The van der Waals surface area contributed by atoms with Crippen LogP contribution < -0.4 is 5.32 Å². The second kappa shape index (κ2) is 5.50. The Hall–Kier alpha value is -0.220. The number of thioether (sulfide) groups is 1. The van der Waals surface area contributed by atoms with Crippen molar-refractivity contribution in [2.24, 2.45) is 0 Å². The van der Waals surface area contributed by atoms with E-state index in [2.05, 4.69) is 11.6 Å². The van der Waals surface area contributed by atoms with Gasteiger partial charge in [-0.25, -0.2) is 0 Å². The predicted octanol–water partition coefficient (Wildman–Crippen LogP) is 0.560. The van der Waals surface area contributed by atoms with Gasteiger partial charge in [-0.1, -0.05) is 0 Å². The van der Waals surface area contributed by atoms with Crippen LogP contribution in [0.5, 0.6) is 0 Å². The molecule has 1 N–H and O–H groups in total. The molecule has 0 spiro atoms. The van der Waals surface area contributed by atoms with Crippen LogP contribution in [0.25, 0.3) is 0 Å². The first kappa shape index (κ1) is 10.9. The molecule has 3 nitrogen and oxygen atoms in total. The lowest BCUT2D eigenvalue weighted by Crippen LogP contribution is -2.37. The molecule has 1 fully saturated rings. The highest BCUT2D eigenvalue weighted by Crippen LogP contribution is 2.18. The van der Waals surface area contributed by atoms with Gasteiger partial charge in [0.15, 0.2) is 0 Å². The highest BCUT2D eigenvalue weighted by Gasteiger charge is 2.21. The molecule has 0 aromatic rings. The fourth-order valence-corrected chi connectivity index (χ4v) is 1.46. The average molecular weight is 202 g/mol. The minimum Gasteiger partial charge on any atom is -0.344 e. The summed E-state index contributed by atoms with van der Waals surface area (Å²) >= 11 is 1.77. The van der Waals surface area contributed by atoms with E-state index in [-0.39, 0.29) is 5.91 Å². The first-order valence-electron chi connectivity index (χ1n) is 4.70. The zero-order valence-electron chi connectivity index (χ0n) is 8.38. The van der Waals surface area contributed by atoms with E-state index in [1.807, 2.05) is 7.05 Å². The maximum absolute atomic E-state index is 11.4. The zero-order valence-corrected chi connectivity index (χ0v) is 9.19. The molecule has 0 atom stereocenters. The molecule has 0 unspecified atom stereocenters. The maximum Gasteiger partial charge on any atom is 0.236 e. The molecule has 4 heteroatoms. The van der Waals surface area contributed by atoms with Gasteiger partial charge in [0.1, 0.15) is 0 Å². The quantitative estimate of drug-likeness (QED) is 0.683. The van der Waals surface area contributed by atoms with Crippen LogP contribution in [0.4, 0.5) is 0 Å². The summed E-state index contributed by atoms with van der Waals surface area (Å²) in [7, 11) is 1.87. The van der Waals surface area contributed by atoms with Crippen LogP contribution in [0.15, 0.2) is 0 Å². The van der Waals surface area contributed by atoms with Crippen LogP contribution in [-0.4, -0.2) is 49.0 Å². The van der Waals surface area contributed by atoms with Crippen molar-refractivity contribution in [1.29, 1.82) is 0 Å². The topological polar surface area (TPSA) is 32.3 Å². The van der Waals surface area contributed by atoms with Crippen molar-refractivity contribution in [3.63, 3.8) is 0 Å². The Kier molecular flexibility index (Phi) is 4.59. The average Bonchev–Trinajstić information content (AvgIpc) is 2.93. The van der Waals surface area contributed by atoms with E-state index in [4.69, 9.17) is 0 Å². The maximum atomic E-state index is 11.4. The number of rotatable bonds is 6. The Balaban J connectivity index is 2.05. The van der Waals surface area contributed by atoms with Crippen molar-refractivity contribution in [3.8, 4) is 0 Å². The van der Waals surface area contributed by atoms with E-state index < -0.39 is 0 Å². The van der Waals surface area contributed by atoms with Crippen molar-refractivity contribution in [3.05, 3.63) is 0 Å². The number of nitrogens with one attached hydrogen (secondary N) is 1. The van der Waals surface area contributed by atoms with Gasteiger partial charge in [0.2, 0.25) is 5.91 Å². The molecule has 0 heterocycles. The molecule has 1 aliphatic rings. The van der Waals surface area contributed by atoms with Crippen LogP contribution in [0.3, 0.4) is 0 Å². The minimum absolute atomic E-state index is 0.209. The SMILES string of the molecule is CSCCN(C)C(=O)CNC1CC1. The van der Waals surface area contributed by atoms with Crippen molar-refractivity contribution in [2.45, 2.75) is 18.9 Å². The summed E-state index contributed by atoms with van der Waals surface area (Å²) < 4.78 is 0. The first-order chi connectivity index (χ1) is 6.24. The summed E-state index contributed by atoms with van der Waals surface area (Å²) in [4.78, 5) is 13.2. The fraction of sp³-hybridized carbons (Fsp3) is 0.889. The van der Waals surface area contributed by atoms with Gasteiger partial charge in [-0.2, -0.15) is 11.8 Å². The lowest BCUT2D eigenvalue weighted by molar-refractivity contribution is -0.128. The van der Waals surface area contributed by atoms with Gasteiger partial charge in [-0.15, -0.1) is 0 Å². The Morgan fingerprint density at radius 2 is 2.31 bits per heavy atom. The molecule has 1 amide bonds. The number of hydrogen-bond acceptors (Lipinski definition) is 3. The normalized spacial score (nSPS) is 15.8. The second-order valence-electron chi connectivity index (χ2n) is 3.46. The highest BCUT2D eigenvalue weighted by molar-refractivity contribution is 7.98. The Labute approximate surface area is 84.2 Å². The predicted molar refractivity (Wildman–Crippen MR) is 57.0 cm³/mol. The first-order valence-corrected chi connectivity index (χ1v) is 6.09. The summed E-state index contributed by atoms with van der Waals surface area (Å²) in [5.41, 5.74) is 0. The van der Waals surface area contributed by atoms with Crippen LogP contribution in [-0.2, 0) is 4.79 Å². The fourth-order valence-electron chi connectivity index (χ4n) is 1.01. The van der Waals surface area contributed by atoms with Crippen LogP contribution in [0.2, 0.25) is 0 Å². The van der Waals surface area contributed by atoms with Gasteiger partial charge in [-0.3, -0.25) is 4.79 Å². The Bertz CT molecular complexity index is 171. The summed E-state index contributed by atoms with van der Waals surface area (Å²) in [6.07, 6.45) is 4.53. The van der Waals surface area contributed by atoms with E-state index in [9.17, 15) is 4.79 Å².